The molecule has 1 heterocycles. The fourth-order valence-corrected chi connectivity index (χ4v) is 2.95. The molecule has 0 radical (unpaired) electrons. The van der Waals surface area contributed by atoms with Gasteiger partial charge in [-0.15, -0.1) is 0 Å². The lowest BCUT2D eigenvalue weighted by molar-refractivity contribution is 0.261. The Kier molecular flexibility index (Phi) is 4.96. The minimum atomic E-state index is -0.176. The SMILES string of the molecule is Fc1ccc(N2CCN(CCc3ccc(Cl)cc3)CC2)cc1. The van der Waals surface area contributed by atoms with E-state index in [9.17, 15) is 4.39 Å². The molecule has 0 aromatic heterocycles. The Bertz CT molecular complexity index is 589. The summed E-state index contributed by atoms with van der Waals surface area (Å²) in [6, 6.07) is 14.9. The summed E-state index contributed by atoms with van der Waals surface area (Å²) in [5, 5.41) is 0.789. The molecule has 2 aromatic rings. The highest BCUT2D eigenvalue weighted by atomic mass is 35.5. The molecule has 0 N–H and O–H groups in total. The molecule has 1 saturated heterocycles. The minimum Gasteiger partial charge on any atom is -0.369 e. The van der Waals surface area contributed by atoms with E-state index in [4.69, 9.17) is 11.6 Å². The molecule has 0 aliphatic carbocycles. The molecule has 2 nitrogen and oxygen atoms in total. The van der Waals surface area contributed by atoms with E-state index in [2.05, 4.69) is 21.9 Å². The maximum absolute atomic E-state index is 13.0. The van der Waals surface area contributed by atoms with E-state index in [1.807, 2.05) is 24.3 Å². The third kappa shape index (κ3) is 3.99. The molecule has 0 unspecified atom stereocenters. The van der Waals surface area contributed by atoms with E-state index in [0.717, 1.165) is 49.9 Å². The highest BCUT2D eigenvalue weighted by Crippen LogP contribution is 2.17. The zero-order valence-corrected chi connectivity index (χ0v) is 13.3. The van der Waals surface area contributed by atoms with Gasteiger partial charge in [0.25, 0.3) is 0 Å². The fraction of sp³-hybridized carbons (Fsp3) is 0.333. The van der Waals surface area contributed by atoms with Crippen molar-refractivity contribution in [1.29, 1.82) is 0 Å². The average molecular weight is 319 g/mol. The molecule has 3 rings (SSSR count). The van der Waals surface area contributed by atoms with Gasteiger partial charge in [-0.05, 0) is 48.4 Å². The Balaban J connectivity index is 1.47. The molecule has 116 valence electrons. The fourth-order valence-electron chi connectivity index (χ4n) is 2.82. The summed E-state index contributed by atoms with van der Waals surface area (Å²) in [5.74, 6) is -0.176. The first-order chi connectivity index (χ1) is 10.7. The number of halogens is 2. The zero-order chi connectivity index (χ0) is 15.4. The van der Waals surface area contributed by atoms with Gasteiger partial charge in [0.1, 0.15) is 5.82 Å². The first kappa shape index (κ1) is 15.3. The van der Waals surface area contributed by atoms with E-state index < -0.39 is 0 Å². The van der Waals surface area contributed by atoms with Crippen LogP contribution in [0.1, 0.15) is 5.56 Å². The van der Waals surface area contributed by atoms with Gasteiger partial charge >= 0.3 is 0 Å². The van der Waals surface area contributed by atoms with E-state index >= 15 is 0 Å². The van der Waals surface area contributed by atoms with Crippen LogP contribution in [0.2, 0.25) is 5.02 Å². The van der Waals surface area contributed by atoms with Crippen LogP contribution >= 0.6 is 11.6 Å². The van der Waals surface area contributed by atoms with Crippen molar-refractivity contribution < 1.29 is 4.39 Å². The molecule has 0 saturated carbocycles. The molecule has 1 aliphatic rings. The van der Waals surface area contributed by atoms with Crippen LogP contribution in [-0.4, -0.2) is 37.6 Å². The van der Waals surface area contributed by atoms with Crippen molar-refractivity contribution in [3.05, 3.63) is 64.9 Å². The lowest BCUT2D eigenvalue weighted by Gasteiger charge is -2.36. The molecular weight excluding hydrogens is 299 g/mol. The van der Waals surface area contributed by atoms with Gasteiger partial charge in [-0.1, -0.05) is 23.7 Å². The second-order valence-corrected chi connectivity index (χ2v) is 6.12. The summed E-state index contributed by atoms with van der Waals surface area (Å²) in [6.45, 7) is 5.15. The summed E-state index contributed by atoms with van der Waals surface area (Å²) < 4.78 is 13.0. The summed E-state index contributed by atoms with van der Waals surface area (Å²) in [6.07, 6.45) is 1.05. The van der Waals surface area contributed by atoms with Gasteiger partial charge in [0, 0.05) is 43.4 Å². The van der Waals surface area contributed by atoms with Crippen LogP contribution in [0.4, 0.5) is 10.1 Å². The number of benzene rings is 2. The average Bonchev–Trinajstić information content (AvgIpc) is 2.56. The van der Waals surface area contributed by atoms with Gasteiger partial charge in [0.05, 0.1) is 0 Å². The van der Waals surface area contributed by atoms with Gasteiger partial charge in [-0.3, -0.25) is 4.90 Å². The molecule has 1 aliphatic heterocycles. The predicted octanol–water partition coefficient (Wildman–Crippen LogP) is 3.84. The molecule has 0 amide bonds. The molecule has 0 bridgehead atoms. The van der Waals surface area contributed by atoms with E-state index in [1.165, 1.54) is 17.7 Å². The van der Waals surface area contributed by atoms with Crippen LogP contribution in [0.3, 0.4) is 0 Å². The first-order valence-electron chi connectivity index (χ1n) is 7.68. The second-order valence-electron chi connectivity index (χ2n) is 5.68. The van der Waals surface area contributed by atoms with Gasteiger partial charge in [-0.25, -0.2) is 4.39 Å². The molecular formula is C18H20ClFN2. The Morgan fingerprint density at radius 2 is 1.50 bits per heavy atom. The first-order valence-corrected chi connectivity index (χ1v) is 8.06. The highest BCUT2D eigenvalue weighted by Gasteiger charge is 2.16. The summed E-state index contributed by atoms with van der Waals surface area (Å²) in [7, 11) is 0. The molecule has 4 heteroatoms. The molecule has 1 fully saturated rings. The predicted molar refractivity (Wildman–Crippen MR) is 90.2 cm³/mol. The van der Waals surface area contributed by atoms with Crippen molar-refractivity contribution >= 4 is 17.3 Å². The Morgan fingerprint density at radius 1 is 0.864 bits per heavy atom. The maximum atomic E-state index is 13.0. The monoisotopic (exact) mass is 318 g/mol. The van der Waals surface area contributed by atoms with E-state index in [0.29, 0.717) is 0 Å². The number of hydrogen-bond acceptors (Lipinski definition) is 2. The van der Waals surface area contributed by atoms with Gasteiger partial charge in [0.15, 0.2) is 0 Å². The van der Waals surface area contributed by atoms with Crippen molar-refractivity contribution in [3.63, 3.8) is 0 Å². The Morgan fingerprint density at radius 3 is 2.14 bits per heavy atom. The van der Waals surface area contributed by atoms with Crippen LogP contribution in [0.5, 0.6) is 0 Å². The highest BCUT2D eigenvalue weighted by molar-refractivity contribution is 6.30. The van der Waals surface area contributed by atoms with E-state index in [-0.39, 0.29) is 5.82 Å². The number of piperazine rings is 1. The molecule has 2 aromatic carbocycles. The van der Waals surface area contributed by atoms with Gasteiger partial charge in [-0.2, -0.15) is 0 Å². The molecule has 0 spiro atoms. The summed E-state index contributed by atoms with van der Waals surface area (Å²) in [5.41, 5.74) is 2.43. The van der Waals surface area contributed by atoms with Crippen LogP contribution in [0.15, 0.2) is 48.5 Å². The summed E-state index contributed by atoms with van der Waals surface area (Å²) >= 11 is 5.91. The zero-order valence-electron chi connectivity index (χ0n) is 12.5. The van der Waals surface area contributed by atoms with Crippen LogP contribution < -0.4 is 4.90 Å². The quantitative estimate of drug-likeness (QED) is 0.845. The molecule has 0 atom stereocenters. The maximum Gasteiger partial charge on any atom is 0.123 e. The van der Waals surface area contributed by atoms with Gasteiger partial charge < -0.3 is 4.90 Å². The van der Waals surface area contributed by atoms with Crippen molar-refractivity contribution in [1.82, 2.24) is 4.90 Å². The third-order valence-electron chi connectivity index (χ3n) is 4.19. The number of hydrogen-bond donors (Lipinski definition) is 0. The number of anilines is 1. The van der Waals surface area contributed by atoms with Crippen molar-refractivity contribution in [3.8, 4) is 0 Å². The van der Waals surface area contributed by atoms with Crippen LogP contribution in [0, 0.1) is 5.82 Å². The lowest BCUT2D eigenvalue weighted by Crippen LogP contribution is -2.47. The standard InChI is InChI=1S/C18H20ClFN2/c19-16-3-1-15(2-4-16)9-10-21-11-13-22(14-12-21)18-7-5-17(20)6-8-18/h1-8H,9-14H2. The third-order valence-corrected chi connectivity index (χ3v) is 4.45. The van der Waals surface area contributed by atoms with Crippen molar-refractivity contribution in [2.24, 2.45) is 0 Å². The largest absolute Gasteiger partial charge is 0.369 e. The van der Waals surface area contributed by atoms with Crippen molar-refractivity contribution in [2.75, 3.05) is 37.6 Å². The smallest absolute Gasteiger partial charge is 0.123 e. The topological polar surface area (TPSA) is 6.48 Å². The minimum absolute atomic E-state index is 0.176. The summed E-state index contributed by atoms with van der Waals surface area (Å²) in [4.78, 5) is 4.80. The Labute approximate surface area is 136 Å². The van der Waals surface area contributed by atoms with Crippen LogP contribution in [-0.2, 0) is 6.42 Å². The van der Waals surface area contributed by atoms with Gasteiger partial charge in [0.2, 0.25) is 0 Å². The molecule has 22 heavy (non-hydrogen) atoms. The van der Waals surface area contributed by atoms with Crippen molar-refractivity contribution in [2.45, 2.75) is 6.42 Å². The second kappa shape index (κ2) is 7.12. The Hall–Kier alpha value is -1.58. The lowest BCUT2D eigenvalue weighted by atomic mass is 10.1. The van der Waals surface area contributed by atoms with Crippen LogP contribution in [0.25, 0.3) is 0 Å². The number of rotatable bonds is 4. The van der Waals surface area contributed by atoms with E-state index in [1.54, 1.807) is 0 Å². The normalized spacial score (nSPS) is 16.0. The number of nitrogens with zero attached hydrogens (tertiary/aromatic N) is 2.